The van der Waals surface area contributed by atoms with Crippen LogP contribution in [0.1, 0.15) is 11.4 Å². The normalized spacial score (nSPS) is 11.9. The number of aromatic amines is 1. The molecule has 0 aliphatic heterocycles. The summed E-state index contributed by atoms with van der Waals surface area (Å²) in [7, 11) is -3.54. The van der Waals surface area contributed by atoms with Gasteiger partial charge in [-0.25, -0.2) is 13.1 Å². The molecule has 0 aliphatic carbocycles. The summed E-state index contributed by atoms with van der Waals surface area (Å²) in [4.78, 5) is 0.209. The molecule has 0 saturated heterocycles. The second-order valence-corrected chi connectivity index (χ2v) is 5.53. The summed E-state index contributed by atoms with van der Waals surface area (Å²) >= 11 is 0. The highest BCUT2D eigenvalue weighted by molar-refractivity contribution is 7.89. The summed E-state index contributed by atoms with van der Waals surface area (Å²) in [6, 6.07) is 0. The van der Waals surface area contributed by atoms with Crippen LogP contribution in [0.4, 0.5) is 0 Å². The third-order valence-electron chi connectivity index (χ3n) is 2.43. The van der Waals surface area contributed by atoms with Crippen LogP contribution < -0.4 is 4.72 Å². The van der Waals surface area contributed by atoms with Crippen LogP contribution in [-0.4, -0.2) is 40.2 Å². The zero-order valence-corrected chi connectivity index (χ0v) is 10.9. The lowest BCUT2D eigenvalue weighted by Gasteiger charge is -2.06. The first-order valence-corrected chi connectivity index (χ1v) is 6.84. The lowest BCUT2D eigenvalue weighted by molar-refractivity contribution is 0.552. The summed E-state index contributed by atoms with van der Waals surface area (Å²) in [6.07, 6.45) is 3.21. The molecule has 0 atom stereocenters. The van der Waals surface area contributed by atoms with E-state index in [4.69, 9.17) is 0 Å². The summed E-state index contributed by atoms with van der Waals surface area (Å²) in [5.74, 6) is 0. The molecule has 0 radical (unpaired) electrons. The standard InChI is InChI=1S/C9H14N6O2S/c1-7-9(8(2)13-12-7)18(16,17)11-4-6-15-5-3-10-14-15/h3,5,11H,4,6H2,1-2H3,(H,12,13). The summed E-state index contributed by atoms with van der Waals surface area (Å²) in [6.45, 7) is 3.99. The Bertz CT molecular complexity index is 596. The van der Waals surface area contributed by atoms with Gasteiger partial charge < -0.3 is 0 Å². The topological polar surface area (TPSA) is 106 Å². The van der Waals surface area contributed by atoms with Gasteiger partial charge in [-0.3, -0.25) is 9.78 Å². The number of H-pyrrole nitrogens is 1. The van der Waals surface area contributed by atoms with Crippen molar-refractivity contribution in [3.05, 3.63) is 23.8 Å². The minimum absolute atomic E-state index is 0.209. The Morgan fingerprint density at radius 1 is 1.44 bits per heavy atom. The van der Waals surface area contributed by atoms with Gasteiger partial charge >= 0.3 is 0 Å². The molecule has 2 rings (SSSR count). The highest BCUT2D eigenvalue weighted by atomic mass is 32.2. The third-order valence-corrected chi connectivity index (χ3v) is 4.16. The van der Waals surface area contributed by atoms with Gasteiger partial charge in [0.15, 0.2) is 0 Å². The number of sulfonamides is 1. The van der Waals surface area contributed by atoms with Gasteiger partial charge in [0.25, 0.3) is 0 Å². The van der Waals surface area contributed by atoms with E-state index in [0.717, 1.165) is 0 Å². The molecule has 0 amide bonds. The molecule has 98 valence electrons. The Morgan fingerprint density at radius 3 is 2.78 bits per heavy atom. The Balaban J connectivity index is 2.04. The molecule has 2 N–H and O–H groups in total. The van der Waals surface area contributed by atoms with E-state index in [-0.39, 0.29) is 11.4 Å². The van der Waals surface area contributed by atoms with Gasteiger partial charge in [0, 0.05) is 12.7 Å². The van der Waals surface area contributed by atoms with Crippen LogP contribution in [-0.2, 0) is 16.6 Å². The van der Waals surface area contributed by atoms with Gasteiger partial charge in [0.05, 0.1) is 24.1 Å². The molecule has 8 nitrogen and oxygen atoms in total. The largest absolute Gasteiger partial charge is 0.281 e. The number of nitrogens with zero attached hydrogens (tertiary/aromatic N) is 4. The van der Waals surface area contributed by atoms with Crippen LogP contribution in [0.5, 0.6) is 0 Å². The van der Waals surface area contributed by atoms with Gasteiger partial charge in [0.1, 0.15) is 4.90 Å². The molecule has 0 aliphatic rings. The predicted molar refractivity (Wildman–Crippen MR) is 63.3 cm³/mol. The van der Waals surface area contributed by atoms with E-state index < -0.39 is 10.0 Å². The average Bonchev–Trinajstić information content (AvgIpc) is 2.89. The number of aryl methyl sites for hydroxylation is 2. The smallest absolute Gasteiger partial charge is 0.244 e. The lowest BCUT2D eigenvalue weighted by atomic mass is 10.4. The third kappa shape index (κ3) is 2.57. The molecule has 0 fully saturated rings. The van der Waals surface area contributed by atoms with Crippen molar-refractivity contribution in [1.82, 2.24) is 29.9 Å². The number of aromatic nitrogens is 5. The fraction of sp³-hybridized carbons (Fsp3) is 0.444. The molecule has 18 heavy (non-hydrogen) atoms. The molecule has 0 spiro atoms. The highest BCUT2D eigenvalue weighted by Crippen LogP contribution is 2.15. The van der Waals surface area contributed by atoms with Crippen molar-refractivity contribution in [3.63, 3.8) is 0 Å². The van der Waals surface area contributed by atoms with E-state index in [1.807, 2.05) is 0 Å². The van der Waals surface area contributed by atoms with E-state index in [0.29, 0.717) is 17.9 Å². The Morgan fingerprint density at radius 2 is 2.22 bits per heavy atom. The number of hydrogen-bond donors (Lipinski definition) is 2. The van der Waals surface area contributed by atoms with E-state index in [2.05, 4.69) is 25.2 Å². The van der Waals surface area contributed by atoms with Crippen molar-refractivity contribution >= 4 is 10.0 Å². The maximum absolute atomic E-state index is 12.0. The van der Waals surface area contributed by atoms with Crippen molar-refractivity contribution in [1.29, 1.82) is 0 Å². The summed E-state index contributed by atoms with van der Waals surface area (Å²) in [5.41, 5.74) is 0.988. The van der Waals surface area contributed by atoms with Crippen molar-refractivity contribution in [2.24, 2.45) is 0 Å². The summed E-state index contributed by atoms with van der Waals surface area (Å²) < 4.78 is 28.2. The fourth-order valence-electron chi connectivity index (χ4n) is 1.66. The van der Waals surface area contributed by atoms with Crippen LogP contribution in [0.25, 0.3) is 0 Å². The Hall–Kier alpha value is -1.74. The molecule has 9 heteroatoms. The number of nitrogens with one attached hydrogen (secondary N) is 2. The van der Waals surface area contributed by atoms with Gasteiger partial charge in [-0.1, -0.05) is 5.21 Å². The second kappa shape index (κ2) is 4.86. The number of hydrogen-bond acceptors (Lipinski definition) is 5. The van der Waals surface area contributed by atoms with E-state index in [1.54, 1.807) is 30.9 Å². The zero-order chi connectivity index (χ0) is 13.2. The van der Waals surface area contributed by atoms with Gasteiger partial charge in [-0.2, -0.15) is 5.10 Å². The quantitative estimate of drug-likeness (QED) is 0.768. The van der Waals surface area contributed by atoms with Crippen molar-refractivity contribution in [2.45, 2.75) is 25.3 Å². The Kier molecular flexibility index (Phi) is 3.43. The van der Waals surface area contributed by atoms with Gasteiger partial charge in [0.2, 0.25) is 10.0 Å². The molecule has 2 aromatic rings. The van der Waals surface area contributed by atoms with E-state index in [1.165, 1.54) is 0 Å². The van der Waals surface area contributed by atoms with Crippen LogP contribution in [0, 0.1) is 13.8 Å². The van der Waals surface area contributed by atoms with Crippen molar-refractivity contribution in [2.75, 3.05) is 6.54 Å². The van der Waals surface area contributed by atoms with Crippen LogP contribution >= 0.6 is 0 Å². The first-order valence-electron chi connectivity index (χ1n) is 5.36. The zero-order valence-electron chi connectivity index (χ0n) is 10.1. The fourth-order valence-corrected chi connectivity index (χ4v) is 3.04. The van der Waals surface area contributed by atoms with Crippen molar-refractivity contribution < 1.29 is 8.42 Å². The van der Waals surface area contributed by atoms with Gasteiger partial charge in [-0.15, -0.1) is 5.10 Å². The van der Waals surface area contributed by atoms with Crippen molar-refractivity contribution in [3.8, 4) is 0 Å². The SMILES string of the molecule is Cc1n[nH]c(C)c1S(=O)(=O)NCCn1ccnn1. The predicted octanol–water partition coefficient (Wildman–Crippen LogP) is -0.403. The number of rotatable bonds is 5. The molecule has 0 saturated carbocycles. The van der Waals surface area contributed by atoms with Gasteiger partial charge in [-0.05, 0) is 13.8 Å². The van der Waals surface area contributed by atoms with E-state index in [9.17, 15) is 8.42 Å². The maximum Gasteiger partial charge on any atom is 0.244 e. The molecule has 0 aromatic carbocycles. The Labute approximate surface area is 104 Å². The molecular weight excluding hydrogens is 256 g/mol. The monoisotopic (exact) mass is 270 g/mol. The molecule has 0 unspecified atom stereocenters. The van der Waals surface area contributed by atoms with Crippen LogP contribution in [0.3, 0.4) is 0 Å². The summed E-state index contributed by atoms with van der Waals surface area (Å²) in [5, 5.41) is 13.9. The maximum atomic E-state index is 12.0. The van der Waals surface area contributed by atoms with Crippen LogP contribution in [0.2, 0.25) is 0 Å². The molecule has 2 aromatic heterocycles. The first kappa shape index (κ1) is 12.7. The lowest BCUT2D eigenvalue weighted by Crippen LogP contribution is -2.28. The van der Waals surface area contributed by atoms with E-state index >= 15 is 0 Å². The second-order valence-electron chi connectivity index (χ2n) is 3.83. The minimum Gasteiger partial charge on any atom is -0.281 e. The van der Waals surface area contributed by atoms with Crippen LogP contribution in [0.15, 0.2) is 17.3 Å². The first-order chi connectivity index (χ1) is 8.50. The molecule has 2 heterocycles. The average molecular weight is 270 g/mol. The minimum atomic E-state index is -3.54. The highest BCUT2D eigenvalue weighted by Gasteiger charge is 2.21. The molecule has 0 bridgehead atoms. The molecular formula is C9H14N6O2S.